The minimum absolute atomic E-state index is 0.0400. The normalized spacial score (nSPS) is 11.2. The summed E-state index contributed by atoms with van der Waals surface area (Å²) in [7, 11) is -3.94. The average Bonchev–Trinajstić information content (AvgIpc) is 2.81. The first kappa shape index (κ1) is 22.5. The van der Waals surface area contributed by atoms with Crippen LogP contribution in [-0.2, 0) is 16.6 Å². The third kappa shape index (κ3) is 5.31. The van der Waals surface area contributed by atoms with Crippen LogP contribution in [0.15, 0.2) is 89.8 Å². The van der Waals surface area contributed by atoms with E-state index in [1.165, 1.54) is 21.3 Å². The van der Waals surface area contributed by atoms with Gasteiger partial charge in [0.2, 0.25) is 0 Å². The van der Waals surface area contributed by atoms with Gasteiger partial charge in [-0.25, -0.2) is 8.42 Å². The van der Waals surface area contributed by atoms with E-state index in [0.29, 0.717) is 12.2 Å². The van der Waals surface area contributed by atoms with Crippen LogP contribution in [0.25, 0.3) is 0 Å². The number of rotatable bonds is 9. The monoisotopic (exact) mass is 438 g/mol. The first-order valence-electron chi connectivity index (χ1n) is 10.1. The van der Waals surface area contributed by atoms with E-state index in [-0.39, 0.29) is 36.1 Å². The second-order valence-corrected chi connectivity index (χ2v) is 8.83. The summed E-state index contributed by atoms with van der Waals surface area (Å²) in [5.41, 5.74) is 1.66. The predicted molar refractivity (Wildman–Crippen MR) is 121 cm³/mol. The van der Waals surface area contributed by atoms with Gasteiger partial charge >= 0.3 is 0 Å². The lowest BCUT2D eigenvalue weighted by Gasteiger charge is -2.25. The lowest BCUT2D eigenvalue weighted by Crippen LogP contribution is -2.34. The molecule has 0 aromatic heterocycles. The van der Waals surface area contributed by atoms with Crippen molar-refractivity contribution in [1.29, 1.82) is 0 Å². The van der Waals surface area contributed by atoms with Crippen LogP contribution in [0.5, 0.6) is 0 Å². The molecule has 6 nitrogen and oxygen atoms in total. The first-order valence-corrected chi connectivity index (χ1v) is 11.5. The van der Waals surface area contributed by atoms with Gasteiger partial charge in [0.25, 0.3) is 15.9 Å². The number of aliphatic hydroxyl groups is 1. The van der Waals surface area contributed by atoms with Crippen molar-refractivity contribution in [2.75, 3.05) is 24.0 Å². The Morgan fingerprint density at radius 1 is 0.903 bits per heavy atom. The summed E-state index contributed by atoms with van der Waals surface area (Å²) < 4.78 is 28.6. The summed E-state index contributed by atoms with van der Waals surface area (Å²) in [6.07, 6.45) is 0. The number of para-hydroxylation sites is 1. The molecule has 7 heteroatoms. The average molecular weight is 439 g/mol. The number of carbonyl (C=O) groups excluding carboxylic acids is 1. The van der Waals surface area contributed by atoms with Gasteiger partial charge in [-0.15, -0.1) is 0 Å². The minimum atomic E-state index is -3.94. The molecule has 0 fully saturated rings. The van der Waals surface area contributed by atoms with Crippen molar-refractivity contribution in [2.24, 2.45) is 0 Å². The topological polar surface area (TPSA) is 77.9 Å². The molecule has 3 rings (SSSR count). The molecule has 0 saturated carbocycles. The maximum absolute atomic E-state index is 13.6. The van der Waals surface area contributed by atoms with Gasteiger partial charge in [0.05, 0.1) is 23.7 Å². The van der Waals surface area contributed by atoms with Crippen molar-refractivity contribution < 1.29 is 18.3 Å². The van der Waals surface area contributed by atoms with E-state index in [9.17, 15) is 18.3 Å². The van der Waals surface area contributed by atoms with Crippen molar-refractivity contribution in [3.63, 3.8) is 0 Å². The number of hydrogen-bond acceptors (Lipinski definition) is 4. The fraction of sp³-hybridized carbons (Fsp3) is 0.208. The number of likely N-dealkylation sites (N-methyl/N-ethyl adjacent to an activating group) is 1. The highest BCUT2D eigenvalue weighted by Gasteiger charge is 2.26. The van der Waals surface area contributed by atoms with Gasteiger partial charge in [0.1, 0.15) is 0 Å². The molecular formula is C24H26N2O4S. The second-order valence-electron chi connectivity index (χ2n) is 6.97. The molecule has 3 aromatic carbocycles. The van der Waals surface area contributed by atoms with Gasteiger partial charge in [-0.05, 0) is 42.8 Å². The van der Waals surface area contributed by atoms with Crippen LogP contribution < -0.4 is 4.31 Å². The van der Waals surface area contributed by atoms with Crippen LogP contribution in [0.1, 0.15) is 22.8 Å². The fourth-order valence-corrected chi connectivity index (χ4v) is 4.78. The maximum Gasteiger partial charge on any atom is 0.264 e. The number of sulfonamides is 1. The number of hydrogen-bond donors (Lipinski definition) is 1. The molecule has 0 unspecified atom stereocenters. The molecule has 1 N–H and O–H groups in total. The second kappa shape index (κ2) is 10.2. The molecule has 0 aliphatic heterocycles. The highest BCUT2D eigenvalue weighted by molar-refractivity contribution is 7.92. The van der Waals surface area contributed by atoms with E-state index in [1.54, 1.807) is 36.4 Å². The molecule has 31 heavy (non-hydrogen) atoms. The zero-order valence-corrected chi connectivity index (χ0v) is 18.2. The Balaban J connectivity index is 2.01. The molecule has 0 saturated heterocycles. The SMILES string of the molecule is CCN(CCO)C(=O)c1cccc(S(=O)(=O)N(Cc2ccccc2)c2ccccc2)c1. The molecule has 1 amide bonds. The van der Waals surface area contributed by atoms with Gasteiger partial charge in [-0.2, -0.15) is 0 Å². The largest absolute Gasteiger partial charge is 0.395 e. The molecule has 0 atom stereocenters. The number of nitrogens with zero attached hydrogens (tertiary/aromatic N) is 2. The van der Waals surface area contributed by atoms with E-state index >= 15 is 0 Å². The number of aliphatic hydroxyl groups excluding tert-OH is 1. The van der Waals surface area contributed by atoms with Gasteiger partial charge in [-0.3, -0.25) is 9.10 Å². The molecule has 0 radical (unpaired) electrons. The predicted octanol–water partition coefficient (Wildman–Crippen LogP) is 3.54. The van der Waals surface area contributed by atoms with Crippen LogP contribution in [0.2, 0.25) is 0 Å². The minimum Gasteiger partial charge on any atom is -0.395 e. The smallest absolute Gasteiger partial charge is 0.264 e. The standard InChI is InChI=1S/C24H26N2O4S/c1-2-25(16-17-27)24(28)21-12-9-15-23(18-21)31(29,30)26(22-13-7-4-8-14-22)19-20-10-5-3-6-11-20/h3-15,18,27H,2,16-17,19H2,1H3. The molecule has 0 aliphatic rings. The maximum atomic E-state index is 13.6. The Bertz CT molecular complexity index is 1100. The molecule has 0 aliphatic carbocycles. The number of carbonyl (C=O) groups is 1. The summed E-state index contributed by atoms with van der Waals surface area (Å²) in [6.45, 7) is 2.43. The van der Waals surface area contributed by atoms with E-state index in [4.69, 9.17) is 0 Å². The molecule has 162 valence electrons. The highest BCUT2D eigenvalue weighted by atomic mass is 32.2. The zero-order chi connectivity index (χ0) is 22.3. The lowest BCUT2D eigenvalue weighted by atomic mass is 10.2. The molecular weight excluding hydrogens is 412 g/mol. The Morgan fingerprint density at radius 3 is 2.16 bits per heavy atom. The third-order valence-corrected chi connectivity index (χ3v) is 6.69. The van der Waals surface area contributed by atoms with E-state index in [1.807, 2.05) is 43.3 Å². The summed E-state index contributed by atoms with van der Waals surface area (Å²) >= 11 is 0. The molecule has 3 aromatic rings. The van der Waals surface area contributed by atoms with Crippen molar-refractivity contribution in [1.82, 2.24) is 4.90 Å². The lowest BCUT2D eigenvalue weighted by molar-refractivity contribution is 0.0731. The van der Waals surface area contributed by atoms with Crippen molar-refractivity contribution in [3.8, 4) is 0 Å². The van der Waals surface area contributed by atoms with Crippen LogP contribution >= 0.6 is 0 Å². The molecule has 0 spiro atoms. The number of benzene rings is 3. The first-order chi connectivity index (χ1) is 15.0. The van der Waals surface area contributed by atoms with Gasteiger partial charge in [0, 0.05) is 18.7 Å². The Morgan fingerprint density at radius 2 is 1.55 bits per heavy atom. The van der Waals surface area contributed by atoms with Crippen LogP contribution in [0.3, 0.4) is 0 Å². The van der Waals surface area contributed by atoms with E-state index < -0.39 is 10.0 Å². The number of anilines is 1. The molecule has 0 heterocycles. The van der Waals surface area contributed by atoms with Crippen LogP contribution in [-0.4, -0.2) is 44.0 Å². The van der Waals surface area contributed by atoms with Crippen molar-refractivity contribution >= 4 is 21.6 Å². The van der Waals surface area contributed by atoms with Gasteiger partial charge in [0.15, 0.2) is 0 Å². The quantitative estimate of drug-likeness (QED) is 0.554. The Hall–Kier alpha value is -3.16. The van der Waals surface area contributed by atoms with Crippen molar-refractivity contribution in [3.05, 3.63) is 96.1 Å². The van der Waals surface area contributed by atoms with Crippen LogP contribution in [0.4, 0.5) is 5.69 Å². The van der Waals surface area contributed by atoms with E-state index in [2.05, 4.69) is 0 Å². The van der Waals surface area contributed by atoms with Gasteiger partial charge in [-0.1, -0.05) is 54.6 Å². The third-order valence-electron chi connectivity index (χ3n) is 4.92. The highest BCUT2D eigenvalue weighted by Crippen LogP contribution is 2.26. The van der Waals surface area contributed by atoms with Crippen molar-refractivity contribution in [2.45, 2.75) is 18.4 Å². The summed E-state index contributed by atoms with van der Waals surface area (Å²) in [5, 5.41) is 9.19. The van der Waals surface area contributed by atoms with Gasteiger partial charge < -0.3 is 10.0 Å². The summed E-state index contributed by atoms with van der Waals surface area (Å²) in [6, 6.07) is 24.3. The Labute approximate surface area is 183 Å². The summed E-state index contributed by atoms with van der Waals surface area (Å²) in [5.74, 6) is -0.317. The van der Waals surface area contributed by atoms with E-state index in [0.717, 1.165) is 5.56 Å². The van der Waals surface area contributed by atoms with Crippen LogP contribution in [0, 0.1) is 0 Å². The molecule has 0 bridgehead atoms. The Kier molecular flexibility index (Phi) is 7.44. The zero-order valence-electron chi connectivity index (χ0n) is 17.4. The summed E-state index contributed by atoms with van der Waals surface area (Å²) in [4.78, 5) is 14.3. The fourth-order valence-electron chi connectivity index (χ4n) is 3.28. The number of amides is 1.